The first-order chi connectivity index (χ1) is 7.67. The summed E-state index contributed by atoms with van der Waals surface area (Å²) in [5.41, 5.74) is 0.364. The Morgan fingerprint density at radius 2 is 1.94 bits per heavy atom. The molecule has 82 valence electrons. The minimum atomic E-state index is -0.631. The van der Waals surface area contributed by atoms with E-state index in [1.807, 2.05) is 0 Å². The molecule has 0 spiro atoms. The Morgan fingerprint density at radius 1 is 1.31 bits per heavy atom. The zero-order valence-corrected chi connectivity index (χ0v) is 8.60. The highest BCUT2D eigenvalue weighted by atomic mass is 16.5. The van der Waals surface area contributed by atoms with Gasteiger partial charge < -0.3 is 9.47 Å². The van der Waals surface area contributed by atoms with Crippen LogP contribution in [0, 0.1) is 11.3 Å². The quantitative estimate of drug-likeness (QED) is 0.565. The normalized spacial score (nSPS) is 9.00. The largest absolute Gasteiger partial charge is 0.465 e. The SMILES string of the molecule is COC(=O)c1ccc(OC(=O)CC#N)cc1. The lowest BCUT2D eigenvalue weighted by molar-refractivity contribution is -0.133. The van der Waals surface area contributed by atoms with Gasteiger partial charge in [-0.25, -0.2) is 4.79 Å². The molecule has 1 aromatic carbocycles. The molecular formula is C11H9NO4. The van der Waals surface area contributed by atoms with Gasteiger partial charge >= 0.3 is 11.9 Å². The lowest BCUT2D eigenvalue weighted by Gasteiger charge is -2.02. The summed E-state index contributed by atoms with van der Waals surface area (Å²) in [6.07, 6.45) is -0.307. The molecule has 0 bridgehead atoms. The summed E-state index contributed by atoms with van der Waals surface area (Å²) >= 11 is 0. The number of esters is 2. The van der Waals surface area contributed by atoms with Crippen LogP contribution in [0.1, 0.15) is 16.8 Å². The topological polar surface area (TPSA) is 76.4 Å². The van der Waals surface area contributed by atoms with Gasteiger partial charge in [0.1, 0.15) is 12.2 Å². The van der Waals surface area contributed by atoms with Crippen molar-refractivity contribution in [3.8, 4) is 11.8 Å². The van der Waals surface area contributed by atoms with Crippen LogP contribution >= 0.6 is 0 Å². The van der Waals surface area contributed by atoms with Crippen molar-refractivity contribution in [2.24, 2.45) is 0 Å². The zero-order chi connectivity index (χ0) is 12.0. The Balaban J connectivity index is 2.69. The highest BCUT2D eigenvalue weighted by Crippen LogP contribution is 2.13. The zero-order valence-electron chi connectivity index (χ0n) is 8.60. The summed E-state index contributed by atoms with van der Waals surface area (Å²) in [6.45, 7) is 0. The third kappa shape index (κ3) is 3.10. The van der Waals surface area contributed by atoms with E-state index in [2.05, 4.69) is 4.74 Å². The number of carbonyl (C=O) groups excluding carboxylic acids is 2. The van der Waals surface area contributed by atoms with Crippen molar-refractivity contribution in [3.05, 3.63) is 29.8 Å². The molecule has 5 heteroatoms. The monoisotopic (exact) mass is 219 g/mol. The van der Waals surface area contributed by atoms with E-state index in [1.54, 1.807) is 6.07 Å². The second-order valence-corrected chi connectivity index (χ2v) is 2.82. The molecule has 0 saturated heterocycles. The summed E-state index contributed by atoms with van der Waals surface area (Å²) in [5, 5.41) is 8.25. The van der Waals surface area contributed by atoms with E-state index in [-0.39, 0.29) is 12.2 Å². The lowest BCUT2D eigenvalue weighted by atomic mass is 10.2. The fourth-order valence-electron chi connectivity index (χ4n) is 1.01. The van der Waals surface area contributed by atoms with Crippen LogP contribution in [0.5, 0.6) is 5.75 Å². The van der Waals surface area contributed by atoms with Crippen molar-refractivity contribution in [2.45, 2.75) is 6.42 Å². The van der Waals surface area contributed by atoms with Gasteiger partial charge in [0.05, 0.1) is 18.7 Å². The van der Waals surface area contributed by atoms with Crippen LogP contribution in [0.2, 0.25) is 0 Å². The maximum atomic E-state index is 11.1. The molecule has 0 aliphatic carbocycles. The molecule has 0 aliphatic heterocycles. The standard InChI is InChI=1S/C11H9NO4/c1-15-11(14)8-2-4-9(5-3-8)16-10(13)6-7-12/h2-5H,6H2,1H3. The average Bonchev–Trinajstić information content (AvgIpc) is 2.29. The first-order valence-electron chi connectivity index (χ1n) is 4.43. The van der Waals surface area contributed by atoms with Gasteiger partial charge in [-0.2, -0.15) is 5.26 Å². The molecule has 5 nitrogen and oxygen atoms in total. The Morgan fingerprint density at radius 3 is 2.44 bits per heavy atom. The van der Waals surface area contributed by atoms with Crippen molar-refractivity contribution >= 4 is 11.9 Å². The van der Waals surface area contributed by atoms with Gasteiger partial charge in [0.2, 0.25) is 0 Å². The Hall–Kier alpha value is -2.35. The van der Waals surface area contributed by atoms with E-state index < -0.39 is 11.9 Å². The van der Waals surface area contributed by atoms with E-state index >= 15 is 0 Å². The van der Waals surface area contributed by atoms with Crippen molar-refractivity contribution < 1.29 is 19.1 Å². The van der Waals surface area contributed by atoms with E-state index in [9.17, 15) is 9.59 Å². The fourth-order valence-corrected chi connectivity index (χ4v) is 1.01. The molecule has 0 fully saturated rings. The van der Waals surface area contributed by atoms with Crippen LogP contribution < -0.4 is 4.74 Å². The molecular weight excluding hydrogens is 210 g/mol. The van der Waals surface area contributed by atoms with Crippen LogP contribution in [-0.4, -0.2) is 19.0 Å². The van der Waals surface area contributed by atoms with E-state index in [0.717, 1.165) is 0 Å². The number of nitrogens with zero attached hydrogens (tertiary/aromatic N) is 1. The molecule has 0 saturated carbocycles. The number of methoxy groups -OCH3 is 1. The number of rotatable bonds is 3. The van der Waals surface area contributed by atoms with Gasteiger partial charge in [0.15, 0.2) is 0 Å². The highest BCUT2D eigenvalue weighted by Gasteiger charge is 2.07. The van der Waals surface area contributed by atoms with E-state index in [0.29, 0.717) is 5.56 Å². The molecule has 0 heterocycles. The van der Waals surface area contributed by atoms with Gasteiger partial charge in [-0.3, -0.25) is 4.79 Å². The van der Waals surface area contributed by atoms with E-state index in [4.69, 9.17) is 10.00 Å². The average molecular weight is 219 g/mol. The number of ether oxygens (including phenoxy) is 2. The van der Waals surface area contributed by atoms with Gasteiger partial charge in [0, 0.05) is 0 Å². The van der Waals surface area contributed by atoms with Gasteiger partial charge in [-0.05, 0) is 24.3 Å². The fraction of sp³-hybridized carbons (Fsp3) is 0.182. The summed E-state index contributed by atoms with van der Waals surface area (Å²) in [5.74, 6) is -0.809. The van der Waals surface area contributed by atoms with Crippen LogP contribution in [0.25, 0.3) is 0 Å². The third-order valence-corrected chi connectivity index (χ3v) is 1.73. The molecule has 0 radical (unpaired) electrons. The van der Waals surface area contributed by atoms with Crippen molar-refractivity contribution in [1.29, 1.82) is 5.26 Å². The second-order valence-electron chi connectivity index (χ2n) is 2.82. The Bertz CT molecular complexity index is 430. The van der Waals surface area contributed by atoms with Crippen molar-refractivity contribution in [1.82, 2.24) is 0 Å². The number of hydrogen-bond acceptors (Lipinski definition) is 5. The molecule has 0 N–H and O–H groups in total. The summed E-state index contributed by atoms with van der Waals surface area (Å²) in [7, 11) is 1.28. The van der Waals surface area contributed by atoms with Crippen LogP contribution in [-0.2, 0) is 9.53 Å². The van der Waals surface area contributed by atoms with Gasteiger partial charge in [-0.1, -0.05) is 0 Å². The highest BCUT2D eigenvalue weighted by molar-refractivity contribution is 5.89. The number of benzene rings is 1. The molecule has 0 aliphatic rings. The second kappa shape index (κ2) is 5.51. The predicted molar refractivity (Wildman–Crippen MR) is 53.6 cm³/mol. The molecule has 0 amide bonds. The lowest BCUT2D eigenvalue weighted by Crippen LogP contribution is -2.06. The first kappa shape index (κ1) is 11.7. The molecule has 0 aromatic heterocycles. The smallest absolute Gasteiger partial charge is 0.337 e. The number of hydrogen-bond donors (Lipinski definition) is 0. The van der Waals surface area contributed by atoms with Crippen LogP contribution in [0.15, 0.2) is 24.3 Å². The summed E-state index contributed by atoms with van der Waals surface area (Å²) in [4.78, 5) is 22.0. The van der Waals surface area contributed by atoms with Crippen molar-refractivity contribution in [2.75, 3.05) is 7.11 Å². The number of carbonyl (C=O) groups is 2. The van der Waals surface area contributed by atoms with Gasteiger partial charge in [-0.15, -0.1) is 0 Å². The summed E-state index contributed by atoms with van der Waals surface area (Å²) < 4.78 is 9.32. The Kier molecular flexibility index (Phi) is 4.04. The molecule has 1 aromatic rings. The maximum absolute atomic E-state index is 11.1. The molecule has 16 heavy (non-hydrogen) atoms. The van der Waals surface area contributed by atoms with E-state index in [1.165, 1.54) is 31.4 Å². The third-order valence-electron chi connectivity index (χ3n) is 1.73. The van der Waals surface area contributed by atoms with Crippen molar-refractivity contribution in [3.63, 3.8) is 0 Å². The molecule has 0 atom stereocenters. The minimum absolute atomic E-state index is 0.285. The van der Waals surface area contributed by atoms with Crippen LogP contribution in [0.3, 0.4) is 0 Å². The Labute approximate surface area is 92.2 Å². The van der Waals surface area contributed by atoms with Gasteiger partial charge in [0.25, 0.3) is 0 Å². The number of nitriles is 1. The molecule has 1 rings (SSSR count). The predicted octanol–water partition coefficient (Wildman–Crippen LogP) is 1.29. The summed E-state index contributed by atoms with van der Waals surface area (Å²) in [6, 6.07) is 7.54. The first-order valence-corrected chi connectivity index (χ1v) is 4.43. The maximum Gasteiger partial charge on any atom is 0.337 e. The molecule has 0 unspecified atom stereocenters. The minimum Gasteiger partial charge on any atom is -0.465 e. The van der Waals surface area contributed by atoms with Crippen LogP contribution in [0.4, 0.5) is 0 Å².